The smallest absolute Gasteiger partial charge is 0.152 e. The molecule has 7 aromatic rings. The molecule has 0 amide bonds. The molecule has 0 unspecified atom stereocenters. The standard InChI is InChI=1S/C46H39N3O2/c1-45(2,3)30-20-21-47-37(26-30)28-12-9-13-32(23-28)50-33-24-29(22-31(25-33)46(4,5)6)38-27-40-43-34(14-10-16-36(43)48-38)35-15-11-19-42-44(35)49(40)39-17-7-8-18-41(39)51-42/h7-27H,1-6H3. The first-order valence-electron chi connectivity index (χ1n) is 17.6. The topological polar surface area (TPSA) is 53.1 Å². The molecule has 2 aliphatic heterocycles. The van der Waals surface area contributed by atoms with E-state index in [4.69, 9.17) is 19.1 Å². The van der Waals surface area contributed by atoms with Gasteiger partial charge in [-0.15, -0.1) is 0 Å². The highest BCUT2D eigenvalue weighted by molar-refractivity contribution is 6.20. The van der Waals surface area contributed by atoms with Crippen LogP contribution < -0.4 is 4.74 Å². The minimum absolute atomic E-state index is 0.0310. The van der Waals surface area contributed by atoms with E-state index in [1.807, 2.05) is 30.5 Å². The molecule has 2 aromatic heterocycles. The predicted octanol–water partition coefficient (Wildman–Crippen LogP) is 12.6. The van der Waals surface area contributed by atoms with Crippen LogP contribution in [0.2, 0.25) is 0 Å². The molecular weight excluding hydrogens is 627 g/mol. The number of para-hydroxylation sites is 3. The van der Waals surface area contributed by atoms with Gasteiger partial charge in [0.15, 0.2) is 11.2 Å². The third kappa shape index (κ3) is 5.32. The zero-order valence-corrected chi connectivity index (χ0v) is 29.8. The summed E-state index contributed by atoms with van der Waals surface area (Å²) in [6.07, 6.45) is 1.89. The molecule has 4 heterocycles. The van der Waals surface area contributed by atoms with Gasteiger partial charge in [0.2, 0.25) is 0 Å². The summed E-state index contributed by atoms with van der Waals surface area (Å²) in [5.41, 5.74) is 11.9. The Morgan fingerprint density at radius 2 is 1.31 bits per heavy atom. The van der Waals surface area contributed by atoms with Crippen molar-refractivity contribution in [3.05, 3.63) is 139 Å². The van der Waals surface area contributed by atoms with Crippen LogP contribution in [0.15, 0.2) is 132 Å². The molecular formula is C46H39N3O2. The van der Waals surface area contributed by atoms with Crippen LogP contribution in [0.4, 0.5) is 0 Å². The largest absolute Gasteiger partial charge is 0.457 e. The number of fused-ring (bicyclic) bond motifs is 4. The van der Waals surface area contributed by atoms with Crippen LogP contribution in [0.1, 0.15) is 52.7 Å². The van der Waals surface area contributed by atoms with Gasteiger partial charge in [0.05, 0.1) is 33.6 Å². The summed E-state index contributed by atoms with van der Waals surface area (Å²) in [5.74, 6) is 1.52. The minimum Gasteiger partial charge on any atom is -0.457 e. The molecule has 0 bridgehead atoms. The van der Waals surface area contributed by atoms with Gasteiger partial charge in [0.1, 0.15) is 11.5 Å². The van der Waals surface area contributed by atoms with Crippen molar-refractivity contribution in [1.82, 2.24) is 14.5 Å². The van der Waals surface area contributed by atoms with E-state index < -0.39 is 0 Å². The summed E-state index contributed by atoms with van der Waals surface area (Å²) in [7, 11) is 0. The normalized spacial score (nSPS) is 12.5. The molecule has 0 saturated carbocycles. The Morgan fingerprint density at radius 3 is 2.16 bits per heavy atom. The molecule has 9 rings (SSSR count). The Hall–Kier alpha value is -5.94. The van der Waals surface area contributed by atoms with Gasteiger partial charge >= 0.3 is 0 Å². The van der Waals surface area contributed by atoms with E-state index in [0.29, 0.717) is 0 Å². The highest BCUT2D eigenvalue weighted by Crippen LogP contribution is 2.43. The van der Waals surface area contributed by atoms with Gasteiger partial charge in [0.25, 0.3) is 0 Å². The van der Waals surface area contributed by atoms with Crippen LogP contribution in [0.5, 0.6) is 11.5 Å². The molecule has 5 aromatic carbocycles. The first-order valence-corrected chi connectivity index (χ1v) is 17.6. The molecule has 0 aliphatic carbocycles. The van der Waals surface area contributed by atoms with Crippen LogP contribution in [-0.2, 0) is 10.8 Å². The molecule has 0 fully saturated rings. The Morgan fingerprint density at radius 1 is 0.569 bits per heavy atom. The fraction of sp³-hybridized carbons (Fsp3) is 0.174. The summed E-state index contributed by atoms with van der Waals surface area (Å²) in [6, 6.07) is 42.2. The molecule has 0 spiro atoms. The highest BCUT2D eigenvalue weighted by atomic mass is 16.5. The second kappa shape index (κ2) is 11.3. The van der Waals surface area contributed by atoms with Crippen LogP contribution in [-0.4, -0.2) is 14.5 Å². The molecule has 250 valence electrons. The lowest BCUT2D eigenvalue weighted by atomic mass is 9.85. The van der Waals surface area contributed by atoms with Gasteiger partial charge in [-0.2, -0.15) is 0 Å². The van der Waals surface area contributed by atoms with Crippen molar-refractivity contribution in [3.63, 3.8) is 0 Å². The maximum Gasteiger partial charge on any atom is 0.152 e. The fourth-order valence-electron chi connectivity index (χ4n) is 7.23. The number of pyridine rings is 3. The van der Waals surface area contributed by atoms with Crippen LogP contribution >= 0.6 is 0 Å². The van der Waals surface area contributed by atoms with Crippen molar-refractivity contribution >= 4 is 43.9 Å². The number of rotatable bonds is 4. The maximum atomic E-state index is 6.69. The number of nitrogens with zero attached hydrogens (tertiary/aromatic N) is 3. The van der Waals surface area contributed by atoms with Crippen molar-refractivity contribution in [2.75, 3.05) is 0 Å². The average molecular weight is 666 g/mol. The zero-order valence-electron chi connectivity index (χ0n) is 29.8. The van der Waals surface area contributed by atoms with Crippen LogP contribution in [0, 0.1) is 0 Å². The molecule has 0 radical (unpaired) electrons. The molecule has 0 N–H and O–H groups in total. The average Bonchev–Trinajstić information content (AvgIpc) is 3.12. The van der Waals surface area contributed by atoms with E-state index in [-0.39, 0.29) is 10.8 Å². The summed E-state index contributed by atoms with van der Waals surface area (Å²) in [5, 5.41) is 3.43. The van der Waals surface area contributed by atoms with Gasteiger partial charge in [-0.25, -0.2) is 4.98 Å². The van der Waals surface area contributed by atoms with E-state index >= 15 is 0 Å². The van der Waals surface area contributed by atoms with Crippen molar-refractivity contribution in [2.24, 2.45) is 0 Å². The lowest BCUT2D eigenvalue weighted by molar-refractivity contribution is 0.479. The third-order valence-corrected chi connectivity index (χ3v) is 9.95. The molecule has 2 aliphatic rings. The second-order valence-corrected chi connectivity index (χ2v) is 15.6. The highest BCUT2D eigenvalue weighted by Gasteiger charge is 2.23. The Kier molecular flexibility index (Phi) is 6.88. The van der Waals surface area contributed by atoms with E-state index in [1.165, 1.54) is 11.1 Å². The van der Waals surface area contributed by atoms with E-state index in [2.05, 4.69) is 143 Å². The molecule has 5 nitrogen and oxygen atoms in total. The van der Waals surface area contributed by atoms with Crippen molar-refractivity contribution in [1.29, 1.82) is 0 Å². The van der Waals surface area contributed by atoms with Crippen LogP contribution in [0.25, 0.3) is 72.1 Å². The third-order valence-electron chi connectivity index (χ3n) is 9.95. The monoisotopic (exact) mass is 665 g/mol. The van der Waals surface area contributed by atoms with Crippen LogP contribution in [0.3, 0.4) is 0 Å². The number of ether oxygens (including phenoxy) is 1. The summed E-state index contributed by atoms with van der Waals surface area (Å²) < 4.78 is 15.5. The molecule has 51 heavy (non-hydrogen) atoms. The summed E-state index contributed by atoms with van der Waals surface area (Å²) in [4.78, 5) is 10.0. The van der Waals surface area contributed by atoms with Gasteiger partial charge in [-0.1, -0.05) is 90.1 Å². The molecule has 0 saturated heterocycles. The first-order chi connectivity index (χ1) is 24.5. The quantitative estimate of drug-likeness (QED) is 0.139. The van der Waals surface area contributed by atoms with Crippen molar-refractivity contribution < 1.29 is 9.15 Å². The van der Waals surface area contributed by atoms with Crippen molar-refractivity contribution in [2.45, 2.75) is 52.4 Å². The number of benzene rings is 5. The predicted molar refractivity (Wildman–Crippen MR) is 210 cm³/mol. The number of aromatic nitrogens is 3. The van der Waals surface area contributed by atoms with Gasteiger partial charge < -0.3 is 13.7 Å². The van der Waals surface area contributed by atoms with E-state index in [1.54, 1.807) is 0 Å². The van der Waals surface area contributed by atoms with E-state index in [9.17, 15) is 0 Å². The number of hydrogen-bond acceptors (Lipinski definition) is 4. The molecule has 0 atom stereocenters. The fourth-order valence-corrected chi connectivity index (χ4v) is 7.23. The number of hydrogen-bond donors (Lipinski definition) is 0. The van der Waals surface area contributed by atoms with Gasteiger partial charge in [-0.05, 0) is 100 Å². The Balaban J connectivity index is 1.22. The maximum absolute atomic E-state index is 6.69. The SMILES string of the molecule is CC(C)(C)c1cc(Oc2cccc(-c3cc(C(C)(C)C)ccn3)c2)cc(-c2cc3c4c(cccc4c4cccc5oc6ccccc6n3-c54)n2)c1. The Labute approximate surface area is 297 Å². The van der Waals surface area contributed by atoms with Crippen molar-refractivity contribution in [3.8, 4) is 39.7 Å². The zero-order chi connectivity index (χ0) is 35.1. The lowest BCUT2D eigenvalue weighted by Crippen LogP contribution is -2.11. The minimum atomic E-state index is -0.122. The summed E-state index contributed by atoms with van der Waals surface area (Å²) in [6.45, 7) is 13.4. The molecule has 5 heteroatoms. The van der Waals surface area contributed by atoms with E-state index in [0.717, 1.165) is 83.6 Å². The lowest BCUT2D eigenvalue weighted by Gasteiger charge is -2.24. The summed E-state index contributed by atoms with van der Waals surface area (Å²) >= 11 is 0. The second-order valence-electron chi connectivity index (χ2n) is 15.6. The first kappa shape index (κ1) is 31.1. The Bertz CT molecular complexity index is 2750. The van der Waals surface area contributed by atoms with Gasteiger partial charge in [-0.3, -0.25) is 4.98 Å². The van der Waals surface area contributed by atoms with Gasteiger partial charge in [0, 0.05) is 28.1 Å².